The van der Waals surface area contributed by atoms with Gasteiger partial charge in [0.05, 0.1) is 8.07 Å². The molecule has 1 heterocycles. The van der Waals surface area contributed by atoms with E-state index in [2.05, 4.69) is 86.0 Å². The average Bonchev–Trinajstić information content (AvgIpc) is 3.32. The molecule has 1 aromatic heterocycles. The Hall–Kier alpha value is -3.55. The monoisotopic (exact) mass is 596 g/mol. The Morgan fingerprint density at radius 2 is 0.952 bits per heavy atom. The van der Waals surface area contributed by atoms with Gasteiger partial charge in [0.2, 0.25) is 0 Å². The third-order valence-electron chi connectivity index (χ3n) is 7.03. The van der Waals surface area contributed by atoms with Gasteiger partial charge < -0.3 is 5.09 Å². The molecule has 0 aliphatic rings. The van der Waals surface area contributed by atoms with E-state index in [1.165, 1.54) is 45.3 Å². The third kappa shape index (κ3) is 6.74. The number of hydrogen-bond acceptors (Lipinski definition) is 2. The normalized spacial score (nSPS) is 11.5. The molecule has 0 atom stereocenters. The summed E-state index contributed by atoms with van der Waals surface area (Å²) in [6, 6.07) is 41.6. The van der Waals surface area contributed by atoms with E-state index in [-0.39, 0.29) is 19.3 Å². The fourth-order valence-electron chi connectivity index (χ4n) is 5.31. The molecule has 0 fully saturated rings. The van der Waals surface area contributed by atoms with E-state index in [9.17, 15) is 8.78 Å². The van der Waals surface area contributed by atoms with Crippen LogP contribution < -0.4 is 20.4 Å². The molecule has 1 N–H and O–H groups in total. The van der Waals surface area contributed by atoms with Crippen LogP contribution in [0.1, 0.15) is 27.7 Å². The summed E-state index contributed by atoms with van der Waals surface area (Å²) in [6.07, 6.45) is 0. The Morgan fingerprint density at radius 3 is 1.38 bits per heavy atom. The van der Waals surface area contributed by atoms with Crippen LogP contribution in [0.5, 0.6) is 0 Å². The summed E-state index contributed by atoms with van der Waals surface area (Å²) < 4.78 is 29.0. The number of anilines is 1. The van der Waals surface area contributed by atoms with Crippen molar-refractivity contribution in [2.75, 3.05) is 9.76 Å². The summed E-state index contributed by atoms with van der Waals surface area (Å²) in [5, 5.41) is 11.3. The lowest BCUT2D eigenvalue weighted by Crippen LogP contribution is -2.34. The van der Waals surface area contributed by atoms with Crippen LogP contribution in [0.25, 0.3) is 21.0 Å². The molecule has 6 heteroatoms. The van der Waals surface area contributed by atoms with Crippen LogP contribution in [-0.4, -0.2) is 12.1 Å². The molecular formula is C36H36F2N2P2. The van der Waals surface area contributed by atoms with Crippen LogP contribution in [0.4, 0.5) is 14.5 Å². The van der Waals surface area contributed by atoms with E-state index in [1.807, 2.05) is 30.3 Å². The quantitative estimate of drug-likeness (QED) is 0.185. The SMILES string of the molecule is CC(C)N(C(C)C)p1c2ccccc2c2ccccc21.Fc1ccc(P(Nc2ccccc2)c2ccc(F)cc2)cc1. The number of nitrogens with zero attached hydrogens (tertiary/aromatic N) is 1. The zero-order valence-corrected chi connectivity index (χ0v) is 26.2. The lowest BCUT2D eigenvalue weighted by atomic mass is 10.2. The lowest BCUT2D eigenvalue weighted by molar-refractivity contribution is 0.628. The van der Waals surface area contributed by atoms with E-state index in [4.69, 9.17) is 0 Å². The number of nitrogens with one attached hydrogen (secondary N) is 1. The lowest BCUT2D eigenvalue weighted by Gasteiger charge is -2.31. The molecule has 0 bridgehead atoms. The number of hydrogen-bond donors (Lipinski definition) is 1. The third-order valence-corrected chi connectivity index (χ3v) is 12.2. The van der Waals surface area contributed by atoms with Crippen LogP contribution >= 0.6 is 15.8 Å². The van der Waals surface area contributed by atoms with Crippen molar-refractivity contribution >= 4 is 53.1 Å². The first-order valence-corrected chi connectivity index (χ1v) is 16.9. The molecule has 5 aromatic carbocycles. The van der Waals surface area contributed by atoms with Gasteiger partial charge in [0.15, 0.2) is 0 Å². The largest absolute Gasteiger partial charge is 0.357 e. The predicted molar refractivity (Wildman–Crippen MR) is 182 cm³/mol. The van der Waals surface area contributed by atoms with Crippen molar-refractivity contribution in [2.24, 2.45) is 0 Å². The van der Waals surface area contributed by atoms with Crippen molar-refractivity contribution in [3.05, 3.63) is 139 Å². The maximum absolute atomic E-state index is 13.2. The maximum atomic E-state index is 13.2. The number of para-hydroxylation sites is 1. The van der Waals surface area contributed by atoms with Crippen molar-refractivity contribution < 1.29 is 8.78 Å². The number of benzene rings is 5. The highest BCUT2D eigenvalue weighted by atomic mass is 31.1. The topological polar surface area (TPSA) is 15.3 Å². The molecule has 0 unspecified atom stereocenters. The summed E-state index contributed by atoms with van der Waals surface area (Å²) >= 11 is 0. The van der Waals surface area contributed by atoms with Crippen molar-refractivity contribution in [3.8, 4) is 0 Å². The van der Waals surface area contributed by atoms with Crippen LogP contribution in [0.15, 0.2) is 127 Å². The first kappa shape index (κ1) is 29.9. The second-order valence-electron chi connectivity index (χ2n) is 10.7. The maximum Gasteiger partial charge on any atom is 0.123 e. The van der Waals surface area contributed by atoms with E-state index in [1.54, 1.807) is 24.3 Å². The summed E-state index contributed by atoms with van der Waals surface area (Å²) in [5.74, 6) is -0.532. The Balaban J connectivity index is 0.000000169. The van der Waals surface area contributed by atoms with Crippen molar-refractivity contribution in [1.82, 2.24) is 0 Å². The van der Waals surface area contributed by atoms with Gasteiger partial charge in [0.1, 0.15) is 11.6 Å². The number of rotatable bonds is 7. The molecule has 42 heavy (non-hydrogen) atoms. The zero-order valence-electron chi connectivity index (χ0n) is 24.4. The molecule has 0 amide bonds. The van der Waals surface area contributed by atoms with Crippen molar-refractivity contribution in [3.63, 3.8) is 0 Å². The van der Waals surface area contributed by atoms with E-state index in [0.717, 1.165) is 16.3 Å². The summed E-state index contributed by atoms with van der Waals surface area (Å²) in [5.41, 5.74) is 0.974. The molecule has 0 aliphatic carbocycles. The van der Waals surface area contributed by atoms with Crippen LogP contribution in [0, 0.1) is 11.6 Å². The predicted octanol–water partition coefficient (Wildman–Crippen LogP) is 10.2. The molecule has 0 aliphatic heterocycles. The Kier molecular flexibility index (Phi) is 9.70. The molecule has 0 radical (unpaired) electrons. The smallest absolute Gasteiger partial charge is 0.123 e. The van der Waals surface area contributed by atoms with Crippen LogP contribution in [0.3, 0.4) is 0 Å². The number of halogens is 2. The molecule has 0 saturated carbocycles. The Morgan fingerprint density at radius 1 is 0.548 bits per heavy atom. The van der Waals surface area contributed by atoms with Gasteiger partial charge in [-0.2, -0.15) is 0 Å². The highest BCUT2D eigenvalue weighted by Gasteiger charge is 2.22. The minimum atomic E-state index is -0.935. The highest BCUT2D eigenvalue weighted by molar-refractivity contribution is 7.74. The molecule has 0 spiro atoms. The summed E-state index contributed by atoms with van der Waals surface area (Å²) in [4.78, 5) is 0. The highest BCUT2D eigenvalue weighted by Crippen LogP contribution is 2.51. The average molecular weight is 597 g/mol. The minimum Gasteiger partial charge on any atom is -0.357 e. The molecule has 0 saturated heterocycles. The van der Waals surface area contributed by atoms with Crippen LogP contribution in [0.2, 0.25) is 0 Å². The van der Waals surface area contributed by atoms with Gasteiger partial charge in [0, 0.05) is 38.6 Å². The zero-order chi connectivity index (χ0) is 29.6. The van der Waals surface area contributed by atoms with E-state index >= 15 is 0 Å². The first-order valence-electron chi connectivity index (χ1n) is 14.2. The van der Waals surface area contributed by atoms with Gasteiger partial charge in [-0.15, -0.1) is 0 Å². The summed E-state index contributed by atoms with van der Waals surface area (Å²) in [7, 11) is -1.32. The second kappa shape index (κ2) is 13.6. The minimum absolute atomic E-state index is 0.266. The van der Waals surface area contributed by atoms with Crippen molar-refractivity contribution in [2.45, 2.75) is 39.8 Å². The fraction of sp³-hybridized carbons (Fsp3) is 0.167. The molecule has 6 aromatic rings. The van der Waals surface area contributed by atoms with E-state index < -0.39 is 8.07 Å². The fourth-order valence-corrected chi connectivity index (χ4v) is 10.1. The molecule has 6 rings (SSSR count). The molecule has 2 nitrogen and oxygen atoms in total. The van der Waals surface area contributed by atoms with Gasteiger partial charge in [-0.1, -0.05) is 54.6 Å². The standard InChI is InChI=1S/C18H14F2NP.C18H22NP/c19-14-6-10-17(11-7-14)22(18-12-8-15(20)9-13-18)21-16-4-2-1-3-5-16;1-13(2)19(14(3)4)20-17-11-7-5-9-15(17)16-10-6-8-12-18(16)20/h1-13,21H;5-14H,1-4H3. The Labute approximate surface area is 249 Å². The number of fused-ring (bicyclic) bond motifs is 3. The van der Waals surface area contributed by atoms with E-state index in [0.29, 0.717) is 12.1 Å². The summed E-state index contributed by atoms with van der Waals surface area (Å²) in [6.45, 7) is 9.25. The molecule has 214 valence electrons. The Bertz CT molecular complexity index is 1620. The second-order valence-corrected chi connectivity index (χ2v) is 14.7. The van der Waals surface area contributed by atoms with Gasteiger partial charge in [-0.25, -0.2) is 8.78 Å². The van der Waals surface area contributed by atoms with Crippen LogP contribution in [-0.2, 0) is 0 Å². The molecular weight excluding hydrogens is 560 g/mol. The van der Waals surface area contributed by atoms with Gasteiger partial charge in [-0.3, -0.25) is 4.67 Å². The van der Waals surface area contributed by atoms with Gasteiger partial charge >= 0.3 is 0 Å². The first-order chi connectivity index (χ1) is 20.3. The van der Waals surface area contributed by atoms with Crippen molar-refractivity contribution in [1.29, 1.82) is 0 Å². The van der Waals surface area contributed by atoms with Gasteiger partial charge in [-0.05, 0) is 119 Å². The van der Waals surface area contributed by atoms with Gasteiger partial charge in [0.25, 0.3) is 0 Å².